The highest BCUT2D eigenvalue weighted by Gasteiger charge is 2.35. The summed E-state index contributed by atoms with van der Waals surface area (Å²) in [6, 6.07) is 8.88. The molecule has 1 saturated carbocycles. The topological polar surface area (TPSA) is 12.0 Å². The van der Waals surface area contributed by atoms with Gasteiger partial charge in [0.25, 0.3) is 0 Å². The average molecular weight is 203 g/mol. The van der Waals surface area contributed by atoms with E-state index in [9.17, 15) is 0 Å². The van der Waals surface area contributed by atoms with Gasteiger partial charge in [-0.1, -0.05) is 37.1 Å². The molecule has 0 aliphatic heterocycles. The average Bonchev–Trinajstić information content (AvgIpc) is 2.69. The number of hydrogen-bond acceptors (Lipinski definition) is 1. The molecule has 0 spiro atoms. The fraction of sp³-hybridized carbons (Fsp3) is 0.571. The monoisotopic (exact) mass is 203 g/mol. The molecule has 0 atom stereocenters. The summed E-state index contributed by atoms with van der Waals surface area (Å²) >= 11 is 0. The van der Waals surface area contributed by atoms with E-state index >= 15 is 0 Å². The van der Waals surface area contributed by atoms with Crippen LogP contribution >= 0.6 is 0 Å². The highest BCUT2D eigenvalue weighted by molar-refractivity contribution is 5.34. The zero-order chi connectivity index (χ0) is 10.7. The summed E-state index contributed by atoms with van der Waals surface area (Å²) < 4.78 is 0. The minimum Gasteiger partial charge on any atom is -0.319 e. The van der Waals surface area contributed by atoms with Gasteiger partial charge in [-0.3, -0.25) is 0 Å². The predicted molar refractivity (Wildman–Crippen MR) is 65.3 cm³/mol. The molecule has 0 amide bonds. The van der Waals surface area contributed by atoms with Crippen molar-refractivity contribution in [3.8, 4) is 0 Å². The lowest BCUT2D eigenvalue weighted by Gasteiger charge is -2.31. The lowest BCUT2D eigenvalue weighted by Crippen LogP contribution is -2.34. The van der Waals surface area contributed by atoms with E-state index in [2.05, 4.69) is 43.6 Å². The third-order valence-corrected chi connectivity index (χ3v) is 3.79. The van der Waals surface area contributed by atoms with Gasteiger partial charge in [-0.15, -0.1) is 0 Å². The Kier molecular flexibility index (Phi) is 3.11. The first kappa shape index (κ1) is 10.7. The van der Waals surface area contributed by atoms with E-state index in [1.807, 2.05) is 0 Å². The second kappa shape index (κ2) is 4.36. The summed E-state index contributed by atoms with van der Waals surface area (Å²) in [6.07, 6.45) is 5.46. The van der Waals surface area contributed by atoms with Crippen LogP contribution in [0.5, 0.6) is 0 Å². The van der Waals surface area contributed by atoms with Gasteiger partial charge in [0.15, 0.2) is 0 Å². The van der Waals surface area contributed by atoms with Crippen molar-refractivity contribution < 1.29 is 0 Å². The van der Waals surface area contributed by atoms with Crippen molar-refractivity contribution >= 4 is 0 Å². The molecule has 0 unspecified atom stereocenters. The van der Waals surface area contributed by atoms with Crippen molar-refractivity contribution in [1.82, 2.24) is 5.32 Å². The molecule has 1 heteroatoms. The molecule has 1 aromatic carbocycles. The SMILES string of the molecule is CNCC1(c2ccccc2C)CCCC1. The van der Waals surface area contributed by atoms with Crippen LogP contribution in [0.2, 0.25) is 0 Å². The van der Waals surface area contributed by atoms with Gasteiger partial charge < -0.3 is 5.32 Å². The molecule has 1 N–H and O–H groups in total. The number of hydrogen-bond donors (Lipinski definition) is 1. The number of aryl methyl sites for hydroxylation is 1. The minimum atomic E-state index is 0.417. The maximum atomic E-state index is 3.38. The highest BCUT2D eigenvalue weighted by Crippen LogP contribution is 2.41. The van der Waals surface area contributed by atoms with E-state index in [-0.39, 0.29) is 0 Å². The van der Waals surface area contributed by atoms with Crippen LogP contribution in [0.3, 0.4) is 0 Å². The molecule has 0 heterocycles. The Morgan fingerprint density at radius 2 is 1.87 bits per heavy atom. The molecule has 1 nitrogen and oxygen atoms in total. The second-order valence-electron chi connectivity index (χ2n) is 4.83. The van der Waals surface area contributed by atoms with Crippen molar-refractivity contribution in [2.45, 2.75) is 38.0 Å². The van der Waals surface area contributed by atoms with Gasteiger partial charge in [0, 0.05) is 12.0 Å². The molecule has 0 saturated heterocycles. The molecule has 1 aliphatic carbocycles. The normalized spacial score (nSPS) is 19.3. The van der Waals surface area contributed by atoms with Crippen molar-refractivity contribution in [1.29, 1.82) is 0 Å². The third kappa shape index (κ3) is 1.93. The Hall–Kier alpha value is -0.820. The van der Waals surface area contributed by atoms with E-state index in [4.69, 9.17) is 0 Å². The van der Waals surface area contributed by atoms with E-state index in [0.29, 0.717) is 5.41 Å². The first-order valence-corrected chi connectivity index (χ1v) is 5.99. The second-order valence-corrected chi connectivity index (χ2v) is 4.83. The molecule has 0 aromatic heterocycles. The summed E-state index contributed by atoms with van der Waals surface area (Å²) in [5.74, 6) is 0. The fourth-order valence-corrected chi connectivity index (χ4v) is 3.10. The Balaban J connectivity index is 2.36. The quantitative estimate of drug-likeness (QED) is 0.796. The maximum Gasteiger partial charge on any atom is 0.00802 e. The summed E-state index contributed by atoms with van der Waals surface area (Å²) in [6.45, 7) is 3.36. The van der Waals surface area contributed by atoms with Crippen LogP contribution in [0.1, 0.15) is 36.8 Å². The fourth-order valence-electron chi connectivity index (χ4n) is 3.10. The lowest BCUT2D eigenvalue weighted by atomic mass is 9.77. The van der Waals surface area contributed by atoms with Crippen molar-refractivity contribution in [2.75, 3.05) is 13.6 Å². The van der Waals surface area contributed by atoms with Crippen molar-refractivity contribution in [2.24, 2.45) is 0 Å². The van der Waals surface area contributed by atoms with Gasteiger partial charge in [-0.05, 0) is 37.9 Å². The Labute approximate surface area is 92.9 Å². The van der Waals surface area contributed by atoms with Crippen molar-refractivity contribution in [3.05, 3.63) is 35.4 Å². The highest BCUT2D eigenvalue weighted by atomic mass is 14.8. The Morgan fingerprint density at radius 3 is 2.47 bits per heavy atom. The van der Waals surface area contributed by atoms with Crippen molar-refractivity contribution in [3.63, 3.8) is 0 Å². The van der Waals surface area contributed by atoms with Crippen LogP contribution in [-0.4, -0.2) is 13.6 Å². The van der Waals surface area contributed by atoms with Crippen LogP contribution in [0.25, 0.3) is 0 Å². The Morgan fingerprint density at radius 1 is 1.20 bits per heavy atom. The largest absolute Gasteiger partial charge is 0.319 e. The number of likely N-dealkylation sites (N-methyl/N-ethyl adjacent to an activating group) is 1. The molecule has 0 bridgehead atoms. The van der Waals surface area contributed by atoms with Gasteiger partial charge in [0.05, 0.1) is 0 Å². The summed E-state index contributed by atoms with van der Waals surface area (Å²) in [7, 11) is 2.07. The molecule has 1 fully saturated rings. The number of rotatable bonds is 3. The standard InChI is InChI=1S/C14H21N/c1-12-7-3-4-8-13(12)14(11-15-2)9-5-6-10-14/h3-4,7-8,15H,5-6,9-11H2,1-2H3. The van der Waals surface area contributed by atoms with Crippen LogP contribution in [0, 0.1) is 6.92 Å². The zero-order valence-electron chi connectivity index (χ0n) is 9.84. The number of benzene rings is 1. The van der Waals surface area contributed by atoms with Gasteiger partial charge in [-0.25, -0.2) is 0 Å². The Bertz CT molecular complexity index is 324. The molecule has 1 aliphatic rings. The molecule has 0 radical (unpaired) electrons. The van der Waals surface area contributed by atoms with Crippen LogP contribution < -0.4 is 5.32 Å². The zero-order valence-corrected chi connectivity index (χ0v) is 9.84. The first-order valence-electron chi connectivity index (χ1n) is 5.99. The van der Waals surface area contributed by atoms with E-state index < -0.39 is 0 Å². The molecule has 15 heavy (non-hydrogen) atoms. The molecular weight excluding hydrogens is 182 g/mol. The third-order valence-electron chi connectivity index (χ3n) is 3.79. The van der Waals surface area contributed by atoms with Crippen LogP contribution in [-0.2, 0) is 5.41 Å². The number of nitrogens with one attached hydrogen (secondary N) is 1. The summed E-state index contributed by atoms with van der Waals surface area (Å²) in [4.78, 5) is 0. The van der Waals surface area contributed by atoms with Crippen LogP contribution in [0.4, 0.5) is 0 Å². The van der Waals surface area contributed by atoms with Gasteiger partial charge in [-0.2, -0.15) is 0 Å². The smallest absolute Gasteiger partial charge is 0.00802 e. The minimum absolute atomic E-state index is 0.417. The van der Waals surface area contributed by atoms with Crippen LogP contribution in [0.15, 0.2) is 24.3 Å². The summed E-state index contributed by atoms with van der Waals surface area (Å²) in [5.41, 5.74) is 3.44. The molecule has 2 rings (SSSR count). The molecule has 82 valence electrons. The first-order chi connectivity index (χ1) is 7.28. The molecule has 1 aromatic rings. The van der Waals surface area contributed by atoms with E-state index in [0.717, 1.165) is 6.54 Å². The predicted octanol–water partition coefficient (Wildman–Crippen LogP) is 3.03. The van der Waals surface area contributed by atoms with E-state index in [1.54, 1.807) is 5.56 Å². The van der Waals surface area contributed by atoms with E-state index in [1.165, 1.54) is 31.2 Å². The van der Waals surface area contributed by atoms with Gasteiger partial charge in [0.2, 0.25) is 0 Å². The maximum absolute atomic E-state index is 3.38. The molecular formula is C14H21N. The van der Waals surface area contributed by atoms with Gasteiger partial charge >= 0.3 is 0 Å². The summed E-state index contributed by atoms with van der Waals surface area (Å²) in [5, 5.41) is 3.38. The lowest BCUT2D eigenvalue weighted by molar-refractivity contribution is 0.419. The van der Waals surface area contributed by atoms with Gasteiger partial charge in [0.1, 0.15) is 0 Å².